The Morgan fingerprint density at radius 1 is 1.29 bits per heavy atom. The van der Waals surface area contributed by atoms with Gasteiger partial charge in [0.2, 0.25) is 5.13 Å². The molecule has 21 heavy (non-hydrogen) atoms. The molecule has 2 fully saturated rings. The summed E-state index contributed by atoms with van der Waals surface area (Å²) in [6.45, 7) is 6.64. The lowest BCUT2D eigenvalue weighted by Gasteiger charge is -2.25. The van der Waals surface area contributed by atoms with Gasteiger partial charge in [0, 0.05) is 38.5 Å². The van der Waals surface area contributed by atoms with E-state index in [2.05, 4.69) is 20.4 Å². The van der Waals surface area contributed by atoms with Crippen LogP contribution in [-0.4, -0.2) is 73.0 Å². The van der Waals surface area contributed by atoms with E-state index < -0.39 is 0 Å². The van der Waals surface area contributed by atoms with Crippen molar-refractivity contribution >= 4 is 28.2 Å². The molecule has 2 saturated heterocycles. The van der Waals surface area contributed by atoms with Gasteiger partial charge in [-0.3, -0.25) is 4.90 Å². The Bertz CT molecular complexity index is 420. The van der Waals surface area contributed by atoms with E-state index in [1.807, 2.05) is 0 Å². The number of aromatic nitrogens is 2. The van der Waals surface area contributed by atoms with Crippen LogP contribution in [0.3, 0.4) is 0 Å². The van der Waals surface area contributed by atoms with Crippen LogP contribution in [0.4, 0.5) is 5.13 Å². The summed E-state index contributed by atoms with van der Waals surface area (Å²) in [5.41, 5.74) is 0. The summed E-state index contributed by atoms with van der Waals surface area (Å²) in [4.78, 5) is 2.44. The number of ether oxygens (including phenoxy) is 2. The van der Waals surface area contributed by atoms with Gasteiger partial charge in [0.25, 0.3) is 0 Å². The largest absolute Gasteiger partial charge is 0.379 e. The topological polar surface area (TPSA) is 59.5 Å². The minimum Gasteiger partial charge on any atom is -0.379 e. The van der Waals surface area contributed by atoms with Gasteiger partial charge in [0.05, 0.1) is 19.3 Å². The van der Waals surface area contributed by atoms with E-state index >= 15 is 0 Å². The summed E-state index contributed by atoms with van der Waals surface area (Å²) in [7, 11) is 0. The second kappa shape index (κ2) is 8.28. The first-order valence-corrected chi connectivity index (χ1v) is 9.32. The smallest absolute Gasteiger partial charge is 0.206 e. The molecule has 8 heteroatoms. The van der Waals surface area contributed by atoms with E-state index in [0.29, 0.717) is 6.10 Å². The third-order valence-electron chi connectivity index (χ3n) is 3.65. The monoisotopic (exact) mass is 330 g/mol. The number of anilines is 1. The van der Waals surface area contributed by atoms with Gasteiger partial charge in [0.15, 0.2) is 4.34 Å². The highest BCUT2D eigenvalue weighted by Gasteiger charge is 2.16. The lowest BCUT2D eigenvalue weighted by Crippen LogP contribution is -2.37. The Labute approximate surface area is 133 Å². The highest BCUT2D eigenvalue weighted by Crippen LogP contribution is 2.25. The van der Waals surface area contributed by atoms with Crippen molar-refractivity contribution in [3.05, 3.63) is 0 Å². The zero-order valence-corrected chi connectivity index (χ0v) is 13.8. The maximum atomic E-state index is 5.59. The zero-order valence-electron chi connectivity index (χ0n) is 12.1. The summed E-state index contributed by atoms with van der Waals surface area (Å²) < 4.78 is 12.0. The molecule has 6 nitrogen and oxygen atoms in total. The molecule has 1 atom stereocenters. The first-order valence-electron chi connectivity index (χ1n) is 7.52. The predicted molar refractivity (Wildman–Crippen MR) is 85.4 cm³/mol. The molecule has 0 saturated carbocycles. The van der Waals surface area contributed by atoms with Gasteiger partial charge in [-0.1, -0.05) is 23.1 Å². The molecule has 3 rings (SSSR count). The van der Waals surface area contributed by atoms with E-state index in [0.717, 1.165) is 67.6 Å². The van der Waals surface area contributed by atoms with Gasteiger partial charge in [-0.05, 0) is 12.8 Å². The van der Waals surface area contributed by atoms with Gasteiger partial charge >= 0.3 is 0 Å². The molecule has 0 amide bonds. The van der Waals surface area contributed by atoms with Crippen LogP contribution in [0.15, 0.2) is 4.34 Å². The minimum absolute atomic E-state index is 0.339. The van der Waals surface area contributed by atoms with E-state index in [1.165, 1.54) is 6.42 Å². The normalized spacial score (nSPS) is 23.5. The molecule has 118 valence electrons. The molecular formula is C13H22N4O2S2. The number of rotatable bonds is 7. The second-order valence-electron chi connectivity index (χ2n) is 5.19. The molecule has 2 aliphatic heterocycles. The Morgan fingerprint density at radius 3 is 3.00 bits per heavy atom. The second-order valence-corrected chi connectivity index (χ2v) is 7.51. The number of morpholine rings is 1. The van der Waals surface area contributed by atoms with Crippen molar-refractivity contribution in [3.63, 3.8) is 0 Å². The Hall–Kier alpha value is -0.410. The van der Waals surface area contributed by atoms with Crippen molar-refractivity contribution in [1.29, 1.82) is 0 Å². The van der Waals surface area contributed by atoms with Gasteiger partial charge in [0.1, 0.15) is 0 Å². The van der Waals surface area contributed by atoms with Gasteiger partial charge < -0.3 is 14.8 Å². The first kappa shape index (κ1) is 15.5. The third-order valence-corrected chi connectivity index (χ3v) is 5.64. The average Bonchev–Trinajstić information content (AvgIpc) is 3.18. The van der Waals surface area contributed by atoms with E-state index in [-0.39, 0.29) is 0 Å². The van der Waals surface area contributed by atoms with Crippen molar-refractivity contribution in [2.45, 2.75) is 23.3 Å². The minimum atomic E-state index is 0.339. The van der Waals surface area contributed by atoms with Crippen molar-refractivity contribution in [1.82, 2.24) is 15.1 Å². The van der Waals surface area contributed by atoms with Crippen LogP contribution < -0.4 is 5.32 Å². The highest BCUT2D eigenvalue weighted by molar-refractivity contribution is 8.01. The average molecular weight is 330 g/mol. The number of hydrogen-bond donors (Lipinski definition) is 1. The van der Waals surface area contributed by atoms with Gasteiger partial charge in [-0.15, -0.1) is 10.2 Å². The summed E-state index contributed by atoms with van der Waals surface area (Å²) in [5, 5.41) is 12.6. The van der Waals surface area contributed by atoms with Crippen LogP contribution in [0.2, 0.25) is 0 Å². The van der Waals surface area contributed by atoms with Crippen molar-refractivity contribution < 1.29 is 9.47 Å². The van der Waals surface area contributed by atoms with Crippen molar-refractivity contribution in [2.24, 2.45) is 0 Å². The molecular weight excluding hydrogens is 308 g/mol. The summed E-state index contributed by atoms with van der Waals surface area (Å²) >= 11 is 3.42. The highest BCUT2D eigenvalue weighted by atomic mass is 32.2. The zero-order chi connectivity index (χ0) is 14.3. The van der Waals surface area contributed by atoms with Crippen molar-refractivity contribution in [2.75, 3.05) is 57.1 Å². The Balaban J connectivity index is 1.34. The van der Waals surface area contributed by atoms with E-state index in [9.17, 15) is 0 Å². The maximum Gasteiger partial charge on any atom is 0.206 e. The van der Waals surface area contributed by atoms with Crippen LogP contribution >= 0.6 is 23.1 Å². The summed E-state index contributed by atoms with van der Waals surface area (Å²) in [6, 6.07) is 0. The van der Waals surface area contributed by atoms with E-state index in [4.69, 9.17) is 9.47 Å². The molecule has 0 unspecified atom stereocenters. The Morgan fingerprint density at radius 2 is 2.19 bits per heavy atom. The van der Waals surface area contributed by atoms with E-state index in [1.54, 1.807) is 23.1 Å². The molecule has 1 aromatic rings. The number of hydrogen-bond acceptors (Lipinski definition) is 8. The van der Waals surface area contributed by atoms with Gasteiger partial charge in [-0.2, -0.15) is 0 Å². The SMILES string of the molecule is C1CO[C@H](CNc2nnc(SCCN3CCOCC3)s2)C1. The lowest BCUT2D eigenvalue weighted by molar-refractivity contribution is 0.0410. The lowest BCUT2D eigenvalue weighted by atomic mass is 10.2. The van der Waals surface area contributed by atoms with Crippen LogP contribution in [0.5, 0.6) is 0 Å². The van der Waals surface area contributed by atoms with Crippen LogP contribution in [0, 0.1) is 0 Å². The quantitative estimate of drug-likeness (QED) is 0.761. The molecule has 0 bridgehead atoms. The molecule has 0 radical (unpaired) electrons. The van der Waals surface area contributed by atoms with Crippen LogP contribution in [0.1, 0.15) is 12.8 Å². The summed E-state index contributed by atoms with van der Waals surface area (Å²) in [5.74, 6) is 1.06. The van der Waals surface area contributed by atoms with Crippen LogP contribution in [0.25, 0.3) is 0 Å². The molecule has 1 aromatic heterocycles. The number of nitrogens with one attached hydrogen (secondary N) is 1. The molecule has 0 aromatic carbocycles. The van der Waals surface area contributed by atoms with Gasteiger partial charge in [-0.25, -0.2) is 0 Å². The molecule has 2 aliphatic rings. The van der Waals surface area contributed by atoms with Crippen molar-refractivity contribution in [3.8, 4) is 0 Å². The van der Waals surface area contributed by atoms with Crippen LogP contribution in [-0.2, 0) is 9.47 Å². The molecule has 3 heterocycles. The number of nitrogens with zero attached hydrogens (tertiary/aromatic N) is 3. The fourth-order valence-electron chi connectivity index (χ4n) is 2.43. The third kappa shape index (κ3) is 5.07. The maximum absolute atomic E-state index is 5.59. The fourth-order valence-corrected chi connectivity index (χ4v) is 4.26. The first-order chi connectivity index (χ1) is 10.4. The molecule has 0 spiro atoms. The summed E-state index contributed by atoms with van der Waals surface area (Å²) in [6.07, 6.45) is 2.66. The predicted octanol–water partition coefficient (Wildman–Crippen LogP) is 1.55. The molecule has 1 N–H and O–H groups in total. The number of thioether (sulfide) groups is 1. The Kier molecular flexibility index (Phi) is 6.11. The molecule has 0 aliphatic carbocycles. The standard InChI is InChI=1S/C13H22N4O2S2/c1-2-11(19-6-1)10-14-12-15-16-13(21-12)20-9-5-17-3-7-18-8-4-17/h11H,1-10H2,(H,14,15)/t11-/m0/s1. The fraction of sp³-hybridized carbons (Fsp3) is 0.846.